The molecule has 1 atom stereocenters. The molecule has 0 radical (unpaired) electrons. The lowest BCUT2D eigenvalue weighted by atomic mass is 10.2. The van der Waals surface area contributed by atoms with E-state index in [1.807, 2.05) is 0 Å². The first-order chi connectivity index (χ1) is 6.15. The molecule has 0 aromatic heterocycles. The maximum atomic E-state index is 11.1. The number of rotatable bonds is 4. The summed E-state index contributed by atoms with van der Waals surface area (Å²) in [6.45, 7) is 1.05. The van der Waals surface area contributed by atoms with Gasteiger partial charge in [-0.1, -0.05) is 0 Å². The van der Waals surface area contributed by atoms with E-state index in [-0.39, 0.29) is 18.2 Å². The maximum Gasteiger partial charge on any atom is 0.245 e. The first-order valence-corrected chi connectivity index (χ1v) is 4.20. The number of amides is 2. The van der Waals surface area contributed by atoms with Gasteiger partial charge < -0.3 is 5.73 Å². The first-order valence-electron chi connectivity index (χ1n) is 4.20. The van der Waals surface area contributed by atoms with Crippen LogP contribution in [0.1, 0.15) is 12.8 Å². The highest BCUT2D eigenvalue weighted by molar-refractivity contribution is 6.05. The fourth-order valence-electron chi connectivity index (χ4n) is 1.24. The zero-order chi connectivity index (χ0) is 9.84. The van der Waals surface area contributed by atoms with E-state index in [0.29, 0.717) is 19.5 Å². The minimum atomic E-state index is -0.515. The van der Waals surface area contributed by atoms with E-state index < -0.39 is 6.04 Å². The molecule has 1 saturated heterocycles. The molecule has 0 aliphatic carbocycles. The van der Waals surface area contributed by atoms with E-state index in [2.05, 4.69) is 5.32 Å². The average molecular weight is 186 g/mol. The molecule has 2 amide bonds. The number of hydrogen-bond donors (Lipinski definition) is 3. The molecule has 1 aliphatic heterocycles. The number of imide groups is 1. The minimum Gasteiger partial charge on any atom is -0.330 e. The van der Waals surface area contributed by atoms with E-state index in [1.165, 1.54) is 5.01 Å². The summed E-state index contributed by atoms with van der Waals surface area (Å²) in [6, 6.07) is -0.515. The van der Waals surface area contributed by atoms with Gasteiger partial charge in [0.05, 0.1) is 6.42 Å². The molecule has 6 heteroatoms. The molecule has 5 N–H and O–H groups in total. The molecule has 1 unspecified atom stereocenters. The van der Waals surface area contributed by atoms with Crippen molar-refractivity contribution in [2.75, 3.05) is 13.1 Å². The Balaban J connectivity index is 2.42. The molecule has 1 heterocycles. The van der Waals surface area contributed by atoms with Gasteiger partial charge in [0.1, 0.15) is 6.04 Å². The van der Waals surface area contributed by atoms with Crippen LogP contribution < -0.4 is 16.9 Å². The van der Waals surface area contributed by atoms with E-state index in [9.17, 15) is 9.59 Å². The molecule has 0 aromatic rings. The largest absolute Gasteiger partial charge is 0.330 e. The highest BCUT2D eigenvalue weighted by Gasteiger charge is 2.33. The number of carbonyl (C=O) groups is 2. The lowest BCUT2D eigenvalue weighted by Gasteiger charge is -2.19. The number of hydrogen-bond acceptors (Lipinski definition) is 5. The number of nitrogens with zero attached hydrogens (tertiary/aromatic N) is 1. The Labute approximate surface area is 76.2 Å². The number of hydrazine groups is 1. The van der Waals surface area contributed by atoms with Crippen molar-refractivity contribution in [1.82, 2.24) is 10.3 Å². The standard InChI is InChI=1S/C7H14N4O2/c8-2-1-3-11(9)5-4-6(12)10-7(5)13/h5H,1-4,8-9H2,(H,10,12,13). The quantitative estimate of drug-likeness (QED) is 0.266. The van der Waals surface area contributed by atoms with Crippen LogP contribution in [-0.2, 0) is 9.59 Å². The molecule has 74 valence electrons. The normalized spacial score (nSPS) is 22.5. The Morgan fingerprint density at radius 3 is 2.69 bits per heavy atom. The molecule has 0 saturated carbocycles. The van der Waals surface area contributed by atoms with Crippen LogP contribution in [0.3, 0.4) is 0 Å². The van der Waals surface area contributed by atoms with Crippen LogP contribution in [0, 0.1) is 0 Å². The van der Waals surface area contributed by atoms with Crippen LogP contribution in [0.2, 0.25) is 0 Å². The monoisotopic (exact) mass is 186 g/mol. The van der Waals surface area contributed by atoms with Crippen LogP contribution in [0.5, 0.6) is 0 Å². The zero-order valence-electron chi connectivity index (χ0n) is 7.32. The molecular weight excluding hydrogens is 172 g/mol. The molecule has 1 aliphatic rings. The molecule has 0 spiro atoms. The van der Waals surface area contributed by atoms with E-state index in [4.69, 9.17) is 11.6 Å². The summed E-state index contributed by atoms with van der Waals surface area (Å²) in [6.07, 6.45) is 0.869. The Morgan fingerprint density at radius 2 is 2.23 bits per heavy atom. The molecule has 13 heavy (non-hydrogen) atoms. The number of nitrogens with one attached hydrogen (secondary N) is 1. The lowest BCUT2D eigenvalue weighted by molar-refractivity contribution is -0.126. The van der Waals surface area contributed by atoms with Crippen LogP contribution in [0.25, 0.3) is 0 Å². The van der Waals surface area contributed by atoms with Crippen molar-refractivity contribution in [3.8, 4) is 0 Å². The number of carbonyl (C=O) groups excluding carboxylic acids is 2. The van der Waals surface area contributed by atoms with Crippen LogP contribution >= 0.6 is 0 Å². The maximum absolute atomic E-state index is 11.1. The van der Waals surface area contributed by atoms with Crippen molar-refractivity contribution in [3.63, 3.8) is 0 Å². The van der Waals surface area contributed by atoms with Crippen molar-refractivity contribution in [3.05, 3.63) is 0 Å². The Morgan fingerprint density at radius 1 is 1.54 bits per heavy atom. The fraction of sp³-hybridized carbons (Fsp3) is 0.714. The minimum absolute atomic E-state index is 0.153. The van der Waals surface area contributed by atoms with Gasteiger partial charge in [-0.25, -0.2) is 5.01 Å². The third-order valence-corrected chi connectivity index (χ3v) is 1.96. The predicted molar refractivity (Wildman–Crippen MR) is 46.1 cm³/mol. The first kappa shape index (κ1) is 10.1. The summed E-state index contributed by atoms with van der Waals surface area (Å²) in [5.74, 6) is 5.00. The van der Waals surface area contributed by atoms with Gasteiger partial charge in [0.15, 0.2) is 0 Å². The Bertz CT molecular complexity index is 219. The summed E-state index contributed by atoms with van der Waals surface area (Å²) < 4.78 is 0. The Hall–Kier alpha value is -0.980. The zero-order valence-corrected chi connectivity index (χ0v) is 7.32. The highest BCUT2D eigenvalue weighted by atomic mass is 16.2. The Kier molecular flexibility index (Phi) is 3.35. The smallest absolute Gasteiger partial charge is 0.245 e. The van der Waals surface area contributed by atoms with Crippen molar-refractivity contribution < 1.29 is 9.59 Å². The van der Waals surface area contributed by atoms with E-state index in [0.717, 1.165) is 0 Å². The lowest BCUT2D eigenvalue weighted by Crippen LogP contribution is -2.46. The summed E-state index contributed by atoms with van der Waals surface area (Å²) >= 11 is 0. The van der Waals surface area contributed by atoms with Crippen LogP contribution in [-0.4, -0.2) is 36.0 Å². The molecule has 0 aromatic carbocycles. The van der Waals surface area contributed by atoms with Gasteiger partial charge in [-0.3, -0.25) is 20.7 Å². The van der Waals surface area contributed by atoms with Gasteiger partial charge in [0, 0.05) is 6.54 Å². The van der Waals surface area contributed by atoms with Gasteiger partial charge >= 0.3 is 0 Å². The second-order valence-electron chi connectivity index (χ2n) is 3.01. The van der Waals surface area contributed by atoms with Crippen molar-refractivity contribution in [2.24, 2.45) is 11.6 Å². The molecule has 0 bridgehead atoms. The van der Waals surface area contributed by atoms with Crippen molar-refractivity contribution >= 4 is 11.8 Å². The highest BCUT2D eigenvalue weighted by Crippen LogP contribution is 2.07. The predicted octanol–water partition coefficient (Wildman–Crippen LogP) is -2.07. The SMILES string of the molecule is NCCCN(N)C1CC(=O)NC1=O. The van der Waals surface area contributed by atoms with Crippen molar-refractivity contribution in [1.29, 1.82) is 0 Å². The summed E-state index contributed by atoms with van der Waals surface area (Å²) in [5.41, 5.74) is 5.29. The molecule has 1 fully saturated rings. The third kappa shape index (κ3) is 2.48. The third-order valence-electron chi connectivity index (χ3n) is 1.96. The van der Waals surface area contributed by atoms with Crippen LogP contribution in [0.15, 0.2) is 0 Å². The second kappa shape index (κ2) is 4.31. The topological polar surface area (TPSA) is 101 Å². The summed E-state index contributed by atoms with van der Waals surface area (Å²) in [5, 5.41) is 3.56. The van der Waals surface area contributed by atoms with E-state index in [1.54, 1.807) is 0 Å². The van der Waals surface area contributed by atoms with Crippen molar-refractivity contribution in [2.45, 2.75) is 18.9 Å². The average Bonchev–Trinajstić information content (AvgIpc) is 2.41. The second-order valence-corrected chi connectivity index (χ2v) is 3.01. The summed E-state index contributed by atoms with van der Waals surface area (Å²) in [4.78, 5) is 21.9. The van der Waals surface area contributed by atoms with E-state index >= 15 is 0 Å². The molecule has 1 rings (SSSR count). The van der Waals surface area contributed by atoms with Gasteiger partial charge in [-0.05, 0) is 13.0 Å². The molecular formula is C7H14N4O2. The van der Waals surface area contributed by atoms with Gasteiger partial charge in [0.25, 0.3) is 0 Å². The van der Waals surface area contributed by atoms with Gasteiger partial charge in [-0.15, -0.1) is 0 Å². The number of nitrogens with two attached hydrogens (primary N) is 2. The molecule has 6 nitrogen and oxygen atoms in total. The van der Waals surface area contributed by atoms with Gasteiger partial charge in [-0.2, -0.15) is 0 Å². The van der Waals surface area contributed by atoms with Crippen LogP contribution in [0.4, 0.5) is 0 Å². The van der Waals surface area contributed by atoms with Gasteiger partial charge in [0.2, 0.25) is 11.8 Å². The summed E-state index contributed by atoms with van der Waals surface area (Å²) in [7, 11) is 0. The fourth-order valence-corrected chi connectivity index (χ4v) is 1.24.